The Morgan fingerprint density at radius 3 is 2.23 bits per heavy atom. The molecule has 0 spiro atoms. The Kier molecular flexibility index (Phi) is 6.62. The summed E-state index contributed by atoms with van der Waals surface area (Å²) in [6, 6.07) is 10.9. The van der Waals surface area contributed by atoms with Gasteiger partial charge in [0.25, 0.3) is 5.91 Å². The summed E-state index contributed by atoms with van der Waals surface area (Å²) in [7, 11) is -4.02. The number of carbonyl (C=O) groups is 1. The highest BCUT2D eigenvalue weighted by Crippen LogP contribution is 2.28. The minimum atomic E-state index is -4.02. The molecule has 162 valence electrons. The first-order chi connectivity index (χ1) is 14.1. The van der Waals surface area contributed by atoms with E-state index in [0.29, 0.717) is 24.7 Å². The van der Waals surface area contributed by atoms with Crippen LogP contribution in [0.2, 0.25) is 0 Å². The summed E-state index contributed by atoms with van der Waals surface area (Å²) in [5.74, 6) is -0.554. The quantitative estimate of drug-likeness (QED) is 0.733. The van der Waals surface area contributed by atoms with Crippen molar-refractivity contribution in [3.63, 3.8) is 0 Å². The van der Waals surface area contributed by atoms with E-state index in [-0.39, 0.29) is 17.4 Å². The largest absolute Gasteiger partial charge is 0.322 e. The number of anilines is 1. The second-order valence-electron chi connectivity index (χ2n) is 8.64. The predicted octanol–water partition coefficient (Wildman–Crippen LogP) is 4.87. The summed E-state index contributed by atoms with van der Waals surface area (Å²) in [5, 5.41) is 2.75. The zero-order chi connectivity index (χ0) is 22.1. The maximum atomic E-state index is 14.5. The fourth-order valence-electron chi connectivity index (χ4n) is 3.94. The molecule has 1 heterocycles. The topological polar surface area (TPSA) is 66.5 Å². The van der Waals surface area contributed by atoms with Crippen molar-refractivity contribution < 1.29 is 17.6 Å². The lowest BCUT2D eigenvalue weighted by molar-refractivity contribution is 0.102. The van der Waals surface area contributed by atoms with Crippen molar-refractivity contribution in [2.24, 2.45) is 11.8 Å². The number of amides is 1. The maximum absolute atomic E-state index is 14.5. The third-order valence-electron chi connectivity index (χ3n) is 5.48. The summed E-state index contributed by atoms with van der Waals surface area (Å²) < 4.78 is 42.0. The number of nitrogens with zero attached hydrogens (tertiary/aromatic N) is 1. The van der Waals surface area contributed by atoms with Crippen molar-refractivity contribution in [1.82, 2.24) is 4.31 Å². The number of nitrogens with one attached hydrogen (secondary N) is 1. The van der Waals surface area contributed by atoms with Gasteiger partial charge >= 0.3 is 0 Å². The van der Waals surface area contributed by atoms with Gasteiger partial charge < -0.3 is 5.32 Å². The lowest BCUT2D eigenvalue weighted by Crippen LogP contribution is -2.42. The molecule has 7 heteroatoms. The first-order valence-corrected chi connectivity index (χ1v) is 11.7. The molecule has 0 aliphatic carbocycles. The average Bonchev–Trinajstić information content (AvgIpc) is 2.67. The Labute approximate surface area is 178 Å². The van der Waals surface area contributed by atoms with E-state index in [4.69, 9.17) is 0 Å². The Bertz CT molecular complexity index is 1010. The normalized spacial score (nSPS) is 20.3. The molecule has 30 heavy (non-hydrogen) atoms. The summed E-state index contributed by atoms with van der Waals surface area (Å²) in [6.45, 7) is 8.84. The molecule has 1 amide bonds. The Morgan fingerprint density at radius 2 is 1.67 bits per heavy atom. The number of carbonyl (C=O) groups excluding carboxylic acids is 1. The highest BCUT2D eigenvalue weighted by Gasteiger charge is 2.33. The van der Waals surface area contributed by atoms with Crippen LogP contribution in [0.15, 0.2) is 47.4 Å². The molecule has 3 rings (SSSR count). The van der Waals surface area contributed by atoms with Gasteiger partial charge in [0, 0.05) is 24.3 Å². The van der Waals surface area contributed by atoms with Crippen molar-refractivity contribution in [3.8, 4) is 0 Å². The number of benzene rings is 2. The lowest BCUT2D eigenvalue weighted by Gasteiger charge is -2.34. The van der Waals surface area contributed by atoms with E-state index in [1.54, 1.807) is 12.1 Å². The smallest absolute Gasteiger partial charge is 0.255 e. The molecule has 0 bridgehead atoms. The standard InChI is InChI=1S/C23H29FN2O3S/c1-15(2)18-5-8-20(9-6-18)25-23(27)19-7-10-21(24)22(12-19)30(28,29)26-13-16(3)11-17(4)14-26/h5-10,12,15-17H,11,13-14H2,1-4H3,(H,25,27)/t16-,17+. The molecule has 2 aromatic carbocycles. The van der Waals surface area contributed by atoms with Gasteiger partial charge in [0.05, 0.1) is 0 Å². The highest BCUT2D eigenvalue weighted by molar-refractivity contribution is 7.89. The first kappa shape index (κ1) is 22.4. The number of sulfonamides is 1. The zero-order valence-corrected chi connectivity index (χ0v) is 18.7. The van der Waals surface area contributed by atoms with Gasteiger partial charge in [-0.3, -0.25) is 4.79 Å². The summed E-state index contributed by atoms with van der Waals surface area (Å²) >= 11 is 0. The van der Waals surface area contributed by atoms with Crippen LogP contribution in [-0.4, -0.2) is 31.7 Å². The van der Waals surface area contributed by atoms with Crippen molar-refractivity contribution >= 4 is 21.6 Å². The monoisotopic (exact) mass is 432 g/mol. The van der Waals surface area contributed by atoms with Crippen molar-refractivity contribution in [1.29, 1.82) is 0 Å². The summed E-state index contributed by atoms with van der Waals surface area (Å²) in [6.07, 6.45) is 0.937. The molecule has 1 saturated heterocycles. The molecule has 0 radical (unpaired) electrons. The molecule has 1 aliphatic heterocycles. The third kappa shape index (κ3) is 4.90. The first-order valence-electron chi connectivity index (χ1n) is 10.3. The van der Waals surface area contributed by atoms with E-state index in [2.05, 4.69) is 19.2 Å². The second-order valence-corrected chi connectivity index (χ2v) is 10.6. The molecule has 1 N–H and O–H groups in total. The lowest BCUT2D eigenvalue weighted by atomic mass is 9.94. The van der Waals surface area contributed by atoms with E-state index >= 15 is 0 Å². The van der Waals surface area contributed by atoms with Crippen LogP contribution >= 0.6 is 0 Å². The number of hydrogen-bond donors (Lipinski definition) is 1. The number of halogens is 1. The molecular weight excluding hydrogens is 403 g/mol. The molecule has 0 aromatic heterocycles. The van der Waals surface area contributed by atoms with E-state index in [1.807, 2.05) is 26.0 Å². The van der Waals surface area contributed by atoms with Gasteiger partial charge in [0.2, 0.25) is 10.0 Å². The van der Waals surface area contributed by atoms with Crippen LogP contribution in [0, 0.1) is 17.7 Å². The van der Waals surface area contributed by atoms with Gasteiger partial charge in [-0.25, -0.2) is 12.8 Å². The van der Waals surface area contributed by atoms with Crippen LogP contribution in [0.25, 0.3) is 0 Å². The molecular formula is C23H29FN2O3S. The van der Waals surface area contributed by atoms with Crippen LogP contribution in [-0.2, 0) is 10.0 Å². The van der Waals surface area contributed by atoms with Gasteiger partial charge in [0.15, 0.2) is 0 Å². The Balaban J connectivity index is 1.84. The minimum absolute atomic E-state index is 0.0982. The second kappa shape index (κ2) is 8.86. The van der Waals surface area contributed by atoms with Crippen LogP contribution in [0.4, 0.5) is 10.1 Å². The molecule has 2 atom stereocenters. The van der Waals surface area contributed by atoms with Crippen molar-refractivity contribution in [2.75, 3.05) is 18.4 Å². The maximum Gasteiger partial charge on any atom is 0.255 e. The van der Waals surface area contributed by atoms with E-state index in [9.17, 15) is 17.6 Å². The number of hydrogen-bond acceptors (Lipinski definition) is 3. The van der Waals surface area contributed by atoms with Gasteiger partial charge in [-0.15, -0.1) is 0 Å². The van der Waals surface area contributed by atoms with E-state index < -0.39 is 26.6 Å². The van der Waals surface area contributed by atoms with E-state index in [1.165, 1.54) is 10.4 Å². The zero-order valence-electron chi connectivity index (χ0n) is 17.9. The fourth-order valence-corrected chi connectivity index (χ4v) is 5.71. The Morgan fingerprint density at radius 1 is 1.07 bits per heavy atom. The molecule has 1 aliphatic rings. The average molecular weight is 433 g/mol. The SMILES string of the molecule is CC(C)c1ccc(NC(=O)c2ccc(F)c(S(=O)(=O)N3C[C@H](C)C[C@H](C)C3)c2)cc1. The number of piperidine rings is 1. The molecule has 2 aromatic rings. The van der Waals surface area contributed by atoms with Crippen LogP contribution in [0.3, 0.4) is 0 Å². The molecule has 0 unspecified atom stereocenters. The fraction of sp³-hybridized carbons (Fsp3) is 0.435. The van der Waals surface area contributed by atoms with Crippen LogP contribution < -0.4 is 5.32 Å². The van der Waals surface area contributed by atoms with Crippen molar-refractivity contribution in [2.45, 2.75) is 44.9 Å². The minimum Gasteiger partial charge on any atom is -0.322 e. The number of rotatable bonds is 5. The molecule has 5 nitrogen and oxygen atoms in total. The predicted molar refractivity (Wildman–Crippen MR) is 117 cm³/mol. The molecule has 0 saturated carbocycles. The van der Waals surface area contributed by atoms with Crippen LogP contribution in [0.1, 0.15) is 56.0 Å². The van der Waals surface area contributed by atoms with Gasteiger partial charge in [-0.2, -0.15) is 4.31 Å². The highest BCUT2D eigenvalue weighted by atomic mass is 32.2. The van der Waals surface area contributed by atoms with Crippen molar-refractivity contribution in [3.05, 3.63) is 59.4 Å². The van der Waals surface area contributed by atoms with Crippen LogP contribution in [0.5, 0.6) is 0 Å². The third-order valence-corrected chi connectivity index (χ3v) is 7.33. The summed E-state index contributed by atoms with van der Waals surface area (Å²) in [4.78, 5) is 12.2. The Hall–Kier alpha value is -2.25. The van der Waals surface area contributed by atoms with Gasteiger partial charge in [-0.1, -0.05) is 39.8 Å². The van der Waals surface area contributed by atoms with E-state index in [0.717, 1.165) is 24.1 Å². The molecule has 1 fully saturated rings. The van der Waals surface area contributed by atoms with Gasteiger partial charge in [0.1, 0.15) is 10.7 Å². The summed E-state index contributed by atoms with van der Waals surface area (Å²) in [5.41, 5.74) is 1.84. The van der Waals surface area contributed by atoms with Gasteiger partial charge in [-0.05, 0) is 60.1 Å².